The van der Waals surface area contributed by atoms with Crippen molar-refractivity contribution >= 4 is 15.7 Å². The third-order valence-electron chi connectivity index (χ3n) is 3.77. The summed E-state index contributed by atoms with van der Waals surface area (Å²) in [6, 6.07) is 7.20. The van der Waals surface area contributed by atoms with Crippen LogP contribution in [0.1, 0.15) is 39.0 Å². The Morgan fingerprint density at radius 1 is 1.14 bits per heavy atom. The maximum Gasteiger partial charge on any atom is 0.240 e. The number of sulfonamides is 1. The fourth-order valence-corrected chi connectivity index (χ4v) is 3.64. The number of hydrogen-bond acceptors (Lipinski definition) is 4. The lowest BCUT2D eigenvalue weighted by molar-refractivity contribution is 0.126. The van der Waals surface area contributed by atoms with Gasteiger partial charge in [0, 0.05) is 18.3 Å². The summed E-state index contributed by atoms with van der Waals surface area (Å²) >= 11 is 0. The van der Waals surface area contributed by atoms with E-state index < -0.39 is 10.0 Å². The lowest BCUT2D eigenvalue weighted by atomic mass is 9.93. The molecule has 6 heteroatoms. The van der Waals surface area contributed by atoms with Crippen molar-refractivity contribution < 1.29 is 13.5 Å². The Labute approximate surface area is 126 Å². The van der Waals surface area contributed by atoms with Gasteiger partial charge in [0.05, 0.1) is 11.0 Å². The van der Waals surface area contributed by atoms with Crippen LogP contribution in [0, 0.1) is 0 Å². The number of benzene rings is 1. The van der Waals surface area contributed by atoms with E-state index in [9.17, 15) is 13.5 Å². The molecule has 5 nitrogen and oxygen atoms in total. The van der Waals surface area contributed by atoms with Crippen LogP contribution in [0.3, 0.4) is 0 Å². The minimum absolute atomic E-state index is 0.166. The molecule has 0 bridgehead atoms. The average molecular weight is 312 g/mol. The molecule has 0 spiro atoms. The van der Waals surface area contributed by atoms with Crippen molar-refractivity contribution in [2.24, 2.45) is 0 Å². The van der Waals surface area contributed by atoms with E-state index in [1.807, 2.05) is 6.92 Å². The smallest absolute Gasteiger partial charge is 0.240 e. The van der Waals surface area contributed by atoms with Gasteiger partial charge in [0.15, 0.2) is 0 Å². The van der Waals surface area contributed by atoms with Crippen molar-refractivity contribution in [3.05, 3.63) is 24.3 Å². The highest BCUT2D eigenvalue weighted by Gasteiger charge is 2.19. The van der Waals surface area contributed by atoms with E-state index in [4.69, 9.17) is 0 Å². The second kappa shape index (κ2) is 7.24. The van der Waals surface area contributed by atoms with Gasteiger partial charge in [0.1, 0.15) is 0 Å². The van der Waals surface area contributed by atoms with Gasteiger partial charge in [-0.05, 0) is 56.4 Å². The summed E-state index contributed by atoms with van der Waals surface area (Å²) in [5.74, 6) is 0. The summed E-state index contributed by atoms with van der Waals surface area (Å²) in [5.41, 5.74) is 0.922. The van der Waals surface area contributed by atoms with Crippen LogP contribution < -0.4 is 10.0 Å². The number of anilines is 1. The molecule has 1 aromatic rings. The topological polar surface area (TPSA) is 78.4 Å². The molecular formula is C15H24N2O3S. The Morgan fingerprint density at radius 2 is 1.76 bits per heavy atom. The normalized spacial score (nSPS) is 23.0. The van der Waals surface area contributed by atoms with Crippen LogP contribution in [0.4, 0.5) is 5.69 Å². The van der Waals surface area contributed by atoms with Gasteiger partial charge in [-0.2, -0.15) is 0 Å². The molecule has 0 aliphatic heterocycles. The first-order chi connectivity index (χ1) is 10.0. The van der Waals surface area contributed by atoms with Crippen molar-refractivity contribution in [1.82, 2.24) is 4.72 Å². The van der Waals surface area contributed by atoms with Crippen molar-refractivity contribution in [2.45, 2.75) is 56.1 Å². The lowest BCUT2D eigenvalue weighted by Crippen LogP contribution is -2.28. The molecule has 0 aromatic heterocycles. The van der Waals surface area contributed by atoms with E-state index in [2.05, 4.69) is 10.0 Å². The summed E-state index contributed by atoms with van der Waals surface area (Å²) in [6.07, 6.45) is 4.14. The summed E-state index contributed by atoms with van der Waals surface area (Å²) in [6.45, 7) is 2.38. The fourth-order valence-electron chi connectivity index (χ4n) is 2.51. The molecule has 1 saturated carbocycles. The first-order valence-corrected chi connectivity index (χ1v) is 9.04. The Kier molecular flexibility index (Phi) is 5.61. The van der Waals surface area contributed by atoms with Gasteiger partial charge in [0.2, 0.25) is 10.0 Å². The molecule has 1 aliphatic rings. The zero-order valence-electron chi connectivity index (χ0n) is 12.4. The van der Waals surface area contributed by atoms with Crippen LogP contribution in [0.2, 0.25) is 0 Å². The average Bonchev–Trinajstić information content (AvgIpc) is 2.48. The summed E-state index contributed by atoms with van der Waals surface area (Å²) in [5, 5.41) is 12.9. The summed E-state index contributed by atoms with van der Waals surface area (Å²) < 4.78 is 26.5. The van der Waals surface area contributed by atoms with E-state index in [1.165, 1.54) is 0 Å². The standard InChI is InChI=1S/C15H24N2O3S/c1-2-11-16-21(19,20)15-9-5-13(6-10-15)17-12-3-7-14(18)8-4-12/h5-6,9-10,12,14,16-18H,2-4,7-8,11H2,1H3. The van der Waals surface area contributed by atoms with Crippen molar-refractivity contribution in [3.8, 4) is 0 Å². The highest BCUT2D eigenvalue weighted by atomic mass is 32.2. The highest BCUT2D eigenvalue weighted by molar-refractivity contribution is 7.89. The zero-order chi connectivity index (χ0) is 15.3. The van der Waals surface area contributed by atoms with Crippen LogP contribution >= 0.6 is 0 Å². The molecular weight excluding hydrogens is 288 g/mol. The Balaban J connectivity index is 1.96. The molecule has 1 fully saturated rings. The monoisotopic (exact) mass is 312 g/mol. The van der Waals surface area contributed by atoms with Crippen LogP contribution in [-0.2, 0) is 10.0 Å². The van der Waals surface area contributed by atoms with Crippen LogP contribution in [-0.4, -0.2) is 32.2 Å². The lowest BCUT2D eigenvalue weighted by Gasteiger charge is -2.27. The minimum atomic E-state index is -3.39. The number of aliphatic hydroxyl groups excluding tert-OH is 1. The first-order valence-electron chi connectivity index (χ1n) is 7.55. The van der Waals surface area contributed by atoms with Gasteiger partial charge in [-0.1, -0.05) is 6.92 Å². The summed E-state index contributed by atoms with van der Waals surface area (Å²) in [4.78, 5) is 0.292. The van der Waals surface area contributed by atoms with Crippen LogP contribution in [0.15, 0.2) is 29.2 Å². The SMILES string of the molecule is CCCNS(=O)(=O)c1ccc(NC2CCC(O)CC2)cc1. The third kappa shape index (κ3) is 4.69. The van der Waals surface area contributed by atoms with Crippen LogP contribution in [0.25, 0.3) is 0 Å². The van der Waals surface area contributed by atoms with Crippen molar-refractivity contribution in [3.63, 3.8) is 0 Å². The molecule has 0 heterocycles. The number of aliphatic hydroxyl groups is 1. The largest absolute Gasteiger partial charge is 0.393 e. The van der Waals surface area contributed by atoms with E-state index >= 15 is 0 Å². The van der Waals surface area contributed by atoms with E-state index in [1.54, 1.807) is 24.3 Å². The van der Waals surface area contributed by atoms with Gasteiger partial charge in [-0.3, -0.25) is 0 Å². The van der Waals surface area contributed by atoms with E-state index in [0.717, 1.165) is 37.8 Å². The quantitative estimate of drug-likeness (QED) is 0.751. The number of hydrogen-bond donors (Lipinski definition) is 3. The zero-order valence-corrected chi connectivity index (χ0v) is 13.2. The van der Waals surface area contributed by atoms with Gasteiger partial charge >= 0.3 is 0 Å². The summed E-state index contributed by atoms with van der Waals surface area (Å²) in [7, 11) is -3.39. The maximum absolute atomic E-state index is 12.0. The minimum Gasteiger partial charge on any atom is -0.393 e. The Morgan fingerprint density at radius 3 is 2.33 bits per heavy atom. The molecule has 118 valence electrons. The van der Waals surface area contributed by atoms with Gasteiger partial charge < -0.3 is 10.4 Å². The predicted molar refractivity (Wildman–Crippen MR) is 83.8 cm³/mol. The molecule has 21 heavy (non-hydrogen) atoms. The maximum atomic E-state index is 12.0. The van der Waals surface area contributed by atoms with E-state index in [0.29, 0.717) is 17.5 Å². The van der Waals surface area contributed by atoms with Crippen molar-refractivity contribution in [1.29, 1.82) is 0 Å². The molecule has 1 aliphatic carbocycles. The predicted octanol–water partition coefficient (Wildman–Crippen LogP) is 2.09. The second-order valence-corrected chi connectivity index (χ2v) is 7.34. The molecule has 3 N–H and O–H groups in total. The second-order valence-electron chi connectivity index (χ2n) is 5.57. The molecule has 0 amide bonds. The van der Waals surface area contributed by atoms with Crippen molar-refractivity contribution in [2.75, 3.05) is 11.9 Å². The van der Waals surface area contributed by atoms with E-state index in [-0.39, 0.29) is 6.10 Å². The third-order valence-corrected chi connectivity index (χ3v) is 5.25. The molecule has 0 atom stereocenters. The number of rotatable bonds is 6. The van der Waals surface area contributed by atoms with Crippen LogP contribution in [0.5, 0.6) is 0 Å². The van der Waals surface area contributed by atoms with Gasteiger partial charge in [-0.15, -0.1) is 0 Å². The Bertz CT molecular complexity index is 535. The molecule has 0 unspecified atom stereocenters. The van der Waals surface area contributed by atoms with Gasteiger partial charge in [0.25, 0.3) is 0 Å². The fraction of sp³-hybridized carbons (Fsp3) is 0.600. The highest BCUT2D eigenvalue weighted by Crippen LogP contribution is 2.23. The molecule has 1 aromatic carbocycles. The molecule has 0 radical (unpaired) electrons. The Hall–Kier alpha value is -1.11. The number of nitrogens with one attached hydrogen (secondary N) is 2. The molecule has 0 saturated heterocycles. The van der Waals surface area contributed by atoms with Gasteiger partial charge in [-0.25, -0.2) is 13.1 Å². The molecule has 2 rings (SSSR count). The first kappa shape index (κ1) is 16.3.